The second-order valence-electron chi connectivity index (χ2n) is 7.09. The van der Waals surface area contributed by atoms with E-state index in [0.717, 1.165) is 47.2 Å². The first-order valence-electron chi connectivity index (χ1n) is 10.0. The van der Waals surface area contributed by atoms with E-state index in [4.69, 9.17) is 19.2 Å². The van der Waals surface area contributed by atoms with Gasteiger partial charge in [-0.2, -0.15) is 0 Å². The molecule has 4 rings (SSSR count). The van der Waals surface area contributed by atoms with Gasteiger partial charge in [-0.1, -0.05) is 12.1 Å². The van der Waals surface area contributed by atoms with Gasteiger partial charge in [0.25, 0.3) is 0 Å². The Morgan fingerprint density at radius 1 is 1.20 bits per heavy atom. The lowest BCUT2D eigenvalue weighted by Crippen LogP contribution is -2.37. The van der Waals surface area contributed by atoms with E-state index in [0.29, 0.717) is 19.0 Å². The number of benzene rings is 2. The van der Waals surface area contributed by atoms with Gasteiger partial charge in [-0.3, -0.25) is 4.90 Å². The largest absolute Gasteiger partial charge is 0.493 e. The Bertz CT molecular complexity index is 977. The number of thiazole rings is 1. The number of methoxy groups -OCH3 is 1. The second kappa shape index (κ2) is 9.55. The van der Waals surface area contributed by atoms with Crippen LogP contribution in [0.3, 0.4) is 0 Å². The van der Waals surface area contributed by atoms with Gasteiger partial charge < -0.3 is 14.2 Å². The molecule has 1 aromatic heterocycles. The van der Waals surface area contributed by atoms with Crippen molar-refractivity contribution in [1.82, 2.24) is 9.88 Å². The van der Waals surface area contributed by atoms with E-state index in [1.165, 1.54) is 12.1 Å². The lowest BCUT2D eigenvalue weighted by atomic mass is 10.1. The van der Waals surface area contributed by atoms with Crippen molar-refractivity contribution in [3.8, 4) is 22.1 Å². The quantitative estimate of drug-likeness (QED) is 0.534. The number of halogens is 1. The van der Waals surface area contributed by atoms with E-state index < -0.39 is 0 Å². The highest BCUT2D eigenvalue weighted by molar-refractivity contribution is 7.13. The highest BCUT2D eigenvalue weighted by Gasteiger charge is 2.23. The molecule has 2 heterocycles. The third-order valence-electron chi connectivity index (χ3n) is 5.04. The maximum absolute atomic E-state index is 13.2. The van der Waals surface area contributed by atoms with E-state index in [2.05, 4.69) is 10.3 Å². The molecular formula is C23H25FN2O3S. The van der Waals surface area contributed by atoms with E-state index in [-0.39, 0.29) is 11.9 Å². The molecule has 158 valence electrons. The second-order valence-corrected chi connectivity index (χ2v) is 7.95. The predicted octanol–water partition coefficient (Wildman–Crippen LogP) is 4.93. The molecule has 1 atom stereocenters. The summed E-state index contributed by atoms with van der Waals surface area (Å²) in [7, 11) is 1.64. The molecule has 2 aromatic carbocycles. The molecule has 0 radical (unpaired) electrons. The smallest absolute Gasteiger partial charge is 0.161 e. The first-order chi connectivity index (χ1) is 14.7. The summed E-state index contributed by atoms with van der Waals surface area (Å²) in [5.41, 5.74) is 3.04. The number of hydrogen-bond donors (Lipinski definition) is 0. The minimum absolute atomic E-state index is 0.0483. The van der Waals surface area contributed by atoms with Crippen LogP contribution in [0.15, 0.2) is 47.8 Å². The fourth-order valence-corrected chi connectivity index (χ4v) is 4.35. The standard InChI is InChI=1S/C23H25FN2O3S/c1-3-28-20-9-6-17(12-21(20)27-2)23-25-19(15-30-23)13-26-10-11-29-22(14-26)16-4-7-18(24)8-5-16/h4-9,12,15,22H,3,10-11,13-14H2,1-2H3. The van der Waals surface area contributed by atoms with Crippen molar-refractivity contribution in [2.24, 2.45) is 0 Å². The normalized spacial score (nSPS) is 17.1. The summed E-state index contributed by atoms with van der Waals surface area (Å²) < 4.78 is 30.1. The van der Waals surface area contributed by atoms with Gasteiger partial charge in [0.2, 0.25) is 0 Å². The molecule has 0 N–H and O–H groups in total. The molecule has 1 aliphatic heterocycles. The summed E-state index contributed by atoms with van der Waals surface area (Å²) in [6.45, 7) is 5.56. The van der Waals surface area contributed by atoms with E-state index in [9.17, 15) is 4.39 Å². The van der Waals surface area contributed by atoms with Gasteiger partial charge in [-0.15, -0.1) is 11.3 Å². The Labute approximate surface area is 180 Å². The Kier molecular flexibility index (Phi) is 6.62. The van der Waals surface area contributed by atoms with Crippen LogP contribution in [0, 0.1) is 5.82 Å². The summed E-state index contributed by atoms with van der Waals surface area (Å²) in [6.07, 6.45) is -0.0483. The van der Waals surface area contributed by atoms with Crippen molar-refractivity contribution in [1.29, 1.82) is 0 Å². The highest BCUT2D eigenvalue weighted by Crippen LogP contribution is 2.34. The average molecular weight is 429 g/mol. The third-order valence-corrected chi connectivity index (χ3v) is 5.98. The molecule has 3 aromatic rings. The van der Waals surface area contributed by atoms with Gasteiger partial charge in [0.05, 0.1) is 32.1 Å². The van der Waals surface area contributed by atoms with Gasteiger partial charge in [-0.25, -0.2) is 9.37 Å². The number of hydrogen-bond acceptors (Lipinski definition) is 6. The van der Waals surface area contributed by atoms with Gasteiger partial charge >= 0.3 is 0 Å². The molecular weight excluding hydrogens is 403 g/mol. The summed E-state index contributed by atoms with van der Waals surface area (Å²) in [5.74, 6) is 1.22. The number of aromatic nitrogens is 1. The molecule has 1 unspecified atom stereocenters. The van der Waals surface area contributed by atoms with Crippen molar-refractivity contribution in [3.63, 3.8) is 0 Å². The fraction of sp³-hybridized carbons (Fsp3) is 0.348. The molecule has 0 bridgehead atoms. The van der Waals surface area contributed by atoms with E-state index >= 15 is 0 Å². The van der Waals surface area contributed by atoms with Gasteiger partial charge in [0.15, 0.2) is 11.5 Å². The van der Waals surface area contributed by atoms with Crippen LogP contribution in [-0.2, 0) is 11.3 Å². The number of nitrogens with zero attached hydrogens (tertiary/aromatic N) is 2. The lowest BCUT2D eigenvalue weighted by Gasteiger charge is -2.32. The molecule has 1 fully saturated rings. The average Bonchev–Trinajstić information content (AvgIpc) is 3.23. The van der Waals surface area contributed by atoms with Gasteiger partial charge in [0, 0.05) is 30.6 Å². The first kappa shape index (κ1) is 20.8. The van der Waals surface area contributed by atoms with E-state index in [1.54, 1.807) is 30.6 Å². The zero-order valence-electron chi connectivity index (χ0n) is 17.1. The summed E-state index contributed by atoms with van der Waals surface area (Å²) >= 11 is 1.62. The molecule has 0 spiro atoms. The summed E-state index contributed by atoms with van der Waals surface area (Å²) in [6, 6.07) is 12.5. The summed E-state index contributed by atoms with van der Waals surface area (Å²) in [4.78, 5) is 7.15. The van der Waals surface area contributed by atoms with Crippen molar-refractivity contribution in [2.75, 3.05) is 33.4 Å². The molecule has 5 nitrogen and oxygen atoms in total. The van der Waals surface area contributed by atoms with Crippen molar-refractivity contribution >= 4 is 11.3 Å². The SMILES string of the molecule is CCOc1ccc(-c2nc(CN3CCOC(c4ccc(F)cc4)C3)cs2)cc1OC. The molecule has 1 saturated heterocycles. The highest BCUT2D eigenvalue weighted by atomic mass is 32.1. The summed E-state index contributed by atoms with van der Waals surface area (Å²) in [5, 5.41) is 3.05. The van der Waals surface area contributed by atoms with Crippen LogP contribution in [0.4, 0.5) is 4.39 Å². The monoisotopic (exact) mass is 428 g/mol. The maximum Gasteiger partial charge on any atom is 0.161 e. The lowest BCUT2D eigenvalue weighted by molar-refractivity contribution is -0.0332. The predicted molar refractivity (Wildman–Crippen MR) is 116 cm³/mol. The van der Waals surface area contributed by atoms with Crippen LogP contribution in [0.5, 0.6) is 11.5 Å². The third kappa shape index (κ3) is 4.80. The first-order valence-corrected chi connectivity index (χ1v) is 10.9. The van der Waals surface area contributed by atoms with Crippen LogP contribution in [0.1, 0.15) is 24.3 Å². The van der Waals surface area contributed by atoms with Crippen molar-refractivity contribution in [2.45, 2.75) is 19.6 Å². The topological polar surface area (TPSA) is 43.8 Å². The number of rotatable bonds is 7. The van der Waals surface area contributed by atoms with Gasteiger partial charge in [-0.05, 0) is 42.8 Å². The zero-order chi connectivity index (χ0) is 20.9. The zero-order valence-corrected chi connectivity index (χ0v) is 18.0. The molecule has 0 amide bonds. The fourth-order valence-electron chi connectivity index (χ4n) is 3.54. The Morgan fingerprint density at radius 2 is 2.03 bits per heavy atom. The van der Waals surface area contributed by atoms with Crippen LogP contribution in [0.2, 0.25) is 0 Å². The minimum atomic E-state index is -0.229. The Balaban J connectivity index is 1.43. The van der Waals surface area contributed by atoms with Crippen molar-refractivity contribution in [3.05, 3.63) is 64.9 Å². The van der Waals surface area contributed by atoms with Crippen LogP contribution in [-0.4, -0.2) is 43.3 Å². The van der Waals surface area contributed by atoms with Crippen LogP contribution in [0.25, 0.3) is 10.6 Å². The van der Waals surface area contributed by atoms with Crippen LogP contribution < -0.4 is 9.47 Å². The van der Waals surface area contributed by atoms with Crippen LogP contribution >= 0.6 is 11.3 Å². The Hall–Kier alpha value is -2.48. The molecule has 0 aliphatic carbocycles. The van der Waals surface area contributed by atoms with Crippen molar-refractivity contribution < 1.29 is 18.6 Å². The number of ether oxygens (including phenoxy) is 3. The van der Waals surface area contributed by atoms with Gasteiger partial charge in [0.1, 0.15) is 10.8 Å². The maximum atomic E-state index is 13.2. The molecule has 30 heavy (non-hydrogen) atoms. The van der Waals surface area contributed by atoms with E-state index in [1.807, 2.05) is 25.1 Å². The molecule has 1 aliphatic rings. The minimum Gasteiger partial charge on any atom is -0.493 e. The molecule has 7 heteroatoms. The number of morpholine rings is 1. The Morgan fingerprint density at radius 3 is 2.80 bits per heavy atom. The molecule has 0 saturated carbocycles.